The third kappa shape index (κ3) is 4.39. The van der Waals surface area contributed by atoms with E-state index in [4.69, 9.17) is 0 Å². The number of hydrogen-bond acceptors (Lipinski definition) is 3. The van der Waals surface area contributed by atoms with Crippen molar-refractivity contribution < 1.29 is 9.59 Å². The molecular weight excluding hydrogens is 346 g/mol. The minimum absolute atomic E-state index is 0.232. The Bertz CT molecular complexity index is 689. The van der Waals surface area contributed by atoms with E-state index in [2.05, 4.69) is 31.5 Å². The Labute approximate surface area is 137 Å². The van der Waals surface area contributed by atoms with Crippen LogP contribution in [-0.2, 0) is 0 Å². The van der Waals surface area contributed by atoms with E-state index in [1.807, 2.05) is 19.1 Å². The molecule has 114 valence electrons. The molecule has 0 radical (unpaired) electrons. The third-order valence-electron chi connectivity index (χ3n) is 2.87. The highest BCUT2D eigenvalue weighted by Gasteiger charge is 2.11. The number of halogens is 1. The van der Waals surface area contributed by atoms with Crippen molar-refractivity contribution >= 4 is 33.4 Å². The molecule has 2 aromatic rings. The summed E-state index contributed by atoms with van der Waals surface area (Å²) >= 11 is 3.35. The zero-order valence-corrected chi connectivity index (χ0v) is 13.7. The van der Waals surface area contributed by atoms with E-state index in [1.54, 1.807) is 18.2 Å². The molecule has 2 rings (SSSR count). The van der Waals surface area contributed by atoms with Crippen molar-refractivity contribution in [2.45, 2.75) is 13.3 Å². The summed E-state index contributed by atoms with van der Waals surface area (Å²) in [5, 5.41) is 5.51. The first-order valence-electron chi connectivity index (χ1n) is 6.91. The Hall–Kier alpha value is -2.21. The largest absolute Gasteiger partial charge is 0.351 e. The second-order valence-corrected chi connectivity index (χ2v) is 5.57. The molecule has 0 unspecified atom stereocenters. The van der Waals surface area contributed by atoms with Gasteiger partial charge in [-0.25, -0.2) is 0 Å². The van der Waals surface area contributed by atoms with Crippen molar-refractivity contribution in [3.63, 3.8) is 0 Å². The number of benzene rings is 1. The lowest BCUT2D eigenvalue weighted by atomic mass is 10.2. The second kappa shape index (κ2) is 7.70. The number of nitrogens with zero attached hydrogens (tertiary/aromatic N) is 1. The number of hydrogen-bond donors (Lipinski definition) is 2. The van der Waals surface area contributed by atoms with E-state index in [0.717, 1.165) is 10.9 Å². The number of anilines is 1. The van der Waals surface area contributed by atoms with Gasteiger partial charge in [0.2, 0.25) is 0 Å². The molecule has 6 heteroatoms. The quantitative estimate of drug-likeness (QED) is 0.858. The summed E-state index contributed by atoms with van der Waals surface area (Å²) in [6, 6.07) is 10.4. The molecule has 1 heterocycles. The first kappa shape index (κ1) is 16.2. The predicted molar refractivity (Wildman–Crippen MR) is 89.0 cm³/mol. The minimum atomic E-state index is -0.287. The van der Waals surface area contributed by atoms with E-state index in [0.29, 0.717) is 17.8 Å². The van der Waals surface area contributed by atoms with E-state index in [-0.39, 0.29) is 17.5 Å². The number of carbonyl (C=O) groups is 2. The maximum absolute atomic E-state index is 12.2. The van der Waals surface area contributed by atoms with Crippen molar-refractivity contribution in [1.29, 1.82) is 0 Å². The molecule has 2 N–H and O–H groups in total. The van der Waals surface area contributed by atoms with Crippen LogP contribution in [0.25, 0.3) is 0 Å². The van der Waals surface area contributed by atoms with Gasteiger partial charge in [0.1, 0.15) is 5.69 Å². The van der Waals surface area contributed by atoms with Gasteiger partial charge >= 0.3 is 0 Å². The molecule has 1 aromatic carbocycles. The number of amides is 2. The molecule has 0 aliphatic heterocycles. The van der Waals surface area contributed by atoms with Crippen LogP contribution in [0.4, 0.5) is 5.69 Å². The van der Waals surface area contributed by atoms with Gasteiger partial charge in [-0.3, -0.25) is 14.6 Å². The Kier molecular flexibility index (Phi) is 5.66. The van der Waals surface area contributed by atoms with Gasteiger partial charge in [-0.05, 0) is 36.8 Å². The Morgan fingerprint density at radius 1 is 1.18 bits per heavy atom. The molecule has 0 saturated heterocycles. The summed E-state index contributed by atoms with van der Waals surface area (Å²) in [7, 11) is 0. The summed E-state index contributed by atoms with van der Waals surface area (Å²) in [6.07, 6.45) is 2.30. The second-order valence-electron chi connectivity index (χ2n) is 4.65. The first-order chi connectivity index (χ1) is 10.6. The van der Waals surface area contributed by atoms with Crippen LogP contribution in [0.15, 0.2) is 47.1 Å². The van der Waals surface area contributed by atoms with Crippen LogP contribution in [0.5, 0.6) is 0 Å². The van der Waals surface area contributed by atoms with Crippen molar-refractivity contribution in [2.75, 3.05) is 11.9 Å². The number of pyridine rings is 1. The molecular formula is C16H16BrN3O2. The number of aromatic nitrogens is 1. The standard InChI is InChI=1S/C16H16BrN3O2/c1-2-7-19-16(22)14-9-11(6-8-18-14)15(21)20-13-5-3-4-12(17)10-13/h3-6,8-10H,2,7H2,1H3,(H,19,22)(H,20,21). The Balaban J connectivity index is 2.11. The first-order valence-corrected chi connectivity index (χ1v) is 7.70. The summed E-state index contributed by atoms with van der Waals surface area (Å²) < 4.78 is 0.875. The fourth-order valence-corrected chi connectivity index (χ4v) is 2.19. The number of nitrogens with one attached hydrogen (secondary N) is 2. The van der Waals surface area contributed by atoms with E-state index in [9.17, 15) is 9.59 Å². The van der Waals surface area contributed by atoms with E-state index in [1.165, 1.54) is 12.3 Å². The van der Waals surface area contributed by atoms with E-state index < -0.39 is 0 Å². The van der Waals surface area contributed by atoms with Gasteiger partial charge < -0.3 is 10.6 Å². The maximum atomic E-state index is 12.2. The lowest BCUT2D eigenvalue weighted by Crippen LogP contribution is -2.25. The van der Waals surface area contributed by atoms with Crippen LogP contribution in [0, 0.1) is 0 Å². The molecule has 0 fully saturated rings. The highest BCUT2D eigenvalue weighted by molar-refractivity contribution is 9.10. The van der Waals surface area contributed by atoms with Gasteiger partial charge in [0.05, 0.1) is 0 Å². The van der Waals surface area contributed by atoms with Gasteiger partial charge in [-0.2, -0.15) is 0 Å². The zero-order chi connectivity index (χ0) is 15.9. The monoisotopic (exact) mass is 361 g/mol. The van der Waals surface area contributed by atoms with Gasteiger partial charge in [-0.1, -0.05) is 28.9 Å². The van der Waals surface area contributed by atoms with Gasteiger partial charge in [0, 0.05) is 28.5 Å². The average Bonchev–Trinajstić information content (AvgIpc) is 2.52. The number of rotatable bonds is 5. The van der Waals surface area contributed by atoms with Gasteiger partial charge in [-0.15, -0.1) is 0 Å². The molecule has 5 nitrogen and oxygen atoms in total. The van der Waals surface area contributed by atoms with Crippen molar-refractivity contribution in [3.8, 4) is 0 Å². The fourth-order valence-electron chi connectivity index (χ4n) is 1.79. The van der Waals surface area contributed by atoms with Crippen LogP contribution in [0.2, 0.25) is 0 Å². The van der Waals surface area contributed by atoms with Crippen LogP contribution < -0.4 is 10.6 Å². The lowest BCUT2D eigenvalue weighted by Gasteiger charge is -2.07. The highest BCUT2D eigenvalue weighted by atomic mass is 79.9. The summed E-state index contributed by atoms with van der Waals surface area (Å²) in [6.45, 7) is 2.55. The predicted octanol–water partition coefficient (Wildman–Crippen LogP) is 3.24. The maximum Gasteiger partial charge on any atom is 0.269 e. The summed E-state index contributed by atoms with van der Waals surface area (Å²) in [5.74, 6) is -0.566. The van der Waals surface area contributed by atoms with Crippen LogP contribution >= 0.6 is 15.9 Å². The fraction of sp³-hybridized carbons (Fsp3) is 0.188. The van der Waals surface area contributed by atoms with E-state index >= 15 is 0 Å². The van der Waals surface area contributed by atoms with Gasteiger partial charge in [0.25, 0.3) is 11.8 Å². The molecule has 0 bridgehead atoms. The number of carbonyl (C=O) groups excluding carboxylic acids is 2. The molecule has 22 heavy (non-hydrogen) atoms. The molecule has 2 amide bonds. The Morgan fingerprint density at radius 3 is 2.73 bits per heavy atom. The molecule has 0 saturated carbocycles. The van der Waals surface area contributed by atoms with Gasteiger partial charge in [0.15, 0.2) is 0 Å². The SMILES string of the molecule is CCCNC(=O)c1cc(C(=O)Nc2cccc(Br)c2)ccn1. The topological polar surface area (TPSA) is 71.1 Å². The molecule has 0 aliphatic carbocycles. The average molecular weight is 362 g/mol. The lowest BCUT2D eigenvalue weighted by molar-refractivity contribution is 0.0948. The van der Waals surface area contributed by atoms with Crippen molar-refractivity contribution in [3.05, 3.63) is 58.3 Å². The molecule has 0 aliphatic rings. The summed E-state index contributed by atoms with van der Waals surface area (Å²) in [5.41, 5.74) is 1.29. The smallest absolute Gasteiger partial charge is 0.269 e. The summed E-state index contributed by atoms with van der Waals surface area (Å²) in [4.78, 5) is 28.1. The third-order valence-corrected chi connectivity index (χ3v) is 3.37. The van der Waals surface area contributed by atoms with Crippen LogP contribution in [0.1, 0.15) is 34.2 Å². The Morgan fingerprint density at radius 2 is 2.00 bits per heavy atom. The minimum Gasteiger partial charge on any atom is -0.351 e. The normalized spacial score (nSPS) is 10.1. The van der Waals surface area contributed by atoms with Crippen molar-refractivity contribution in [1.82, 2.24) is 10.3 Å². The van der Waals surface area contributed by atoms with Crippen LogP contribution in [0.3, 0.4) is 0 Å². The molecule has 0 atom stereocenters. The van der Waals surface area contributed by atoms with Crippen molar-refractivity contribution in [2.24, 2.45) is 0 Å². The highest BCUT2D eigenvalue weighted by Crippen LogP contribution is 2.16. The zero-order valence-electron chi connectivity index (χ0n) is 12.1. The van der Waals surface area contributed by atoms with Crippen LogP contribution in [-0.4, -0.2) is 23.3 Å². The molecule has 0 spiro atoms. The molecule has 1 aromatic heterocycles.